The third-order valence-electron chi connectivity index (χ3n) is 5.87. The van der Waals surface area contributed by atoms with Crippen molar-refractivity contribution in [2.75, 3.05) is 33.2 Å². The highest BCUT2D eigenvalue weighted by Gasteiger charge is 2.47. The van der Waals surface area contributed by atoms with Crippen molar-refractivity contribution in [3.05, 3.63) is 0 Å². The second-order valence-electron chi connectivity index (χ2n) is 7.29. The van der Waals surface area contributed by atoms with Gasteiger partial charge in [0.2, 0.25) is 12.3 Å². The normalized spacial score (nSPS) is 37.1. The van der Waals surface area contributed by atoms with Crippen LogP contribution < -0.4 is 5.32 Å². The molecule has 3 rings (SSSR count). The first kappa shape index (κ1) is 14.8. The molecule has 0 atom stereocenters. The van der Waals surface area contributed by atoms with E-state index in [2.05, 4.69) is 22.2 Å². The van der Waals surface area contributed by atoms with Crippen LogP contribution in [0.4, 0.5) is 0 Å². The second-order valence-corrected chi connectivity index (χ2v) is 7.29. The van der Waals surface area contributed by atoms with Crippen molar-refractivity contribution in [3.63, 3.8) is 0 Å². The summed E-state index contributed by atoms with van der Waals surface area (Å²) in [6.07, 6.45) is 7.45. The summed E-state index contributed by atoms with van der Waals surface area (Å²) in [5.41, 5.74) is 0.430. The summed E-state index contributed by atoms with van der Waals surface area (Å²) in [5.74, 6) is 0.636. The van der Waals surface area contributed by atoms with Crippen LogP contribution in [0.5, 0.6) is 0 Å². The second kappa shape index (κ2) is 5.95. The molecule has 21 heavy (non-hydrogen) atoms. The lowest BCUT2D eigenvalue weighted by molar-refractivity contribution is -0.139. The molecule has 0 unspecified atom stereocenters. The van der Waals surface area contributed by atoms with Crippen molar-refractivity contribution < 1.29 is 9.59 Å². The fourth-order valence-corrected chi connectivity index (χ4v) is 4.37. The van der Waals surface area contributed by atoms with Gasteiger partial charge in [-0.2, -0.15) is 0 Å². The first-order valence-electron chi connectivity index (χ1n) is 8.29. The molecule has 3 fully saturated rings. The molecule has 118 valence electrons. The number of rotatable bonds is 3. The van der Waals surface area contributed by atoms with Crippen molar-refractivity contribution in [1.29, 1.82) is 0 Å². The summed E-state index contributed by atoms with van der Waals surface area (Å²) in [6, 6.07) is 0.382. The molecule has 3 aliphatic rings. The summed E-state index contributed by atoms with van der Waals surface area (Å²) >= 11 is 0. The highest BCUT2D eigenvalue weighted by Crippen LogP contribution is 2.52. The average Bonchev–Trinajstić information content (AvgIpc) is 2.47. The van der Waals surface area contributed by atoms with Crippen LogP contribution in [-0.4, -0.2) is 61.4 Å². The van der Waals surface area contributed by atoms with E-state index in [9.17, 15) is 9.59 Å². The third-order valence-corrected chi connectivity index (χ3v) is 5.87. The standard InChI is InChI=1S/C16H27N3O2/c1-18-6-8-19(9-7-18)15(21)13-2-4-16(5-3-13)10-14(11-16)17-12-20/h12-14H,2-11H2,1H3,(H,17,20). The van der Waals surface area contributed by atoms with E-state index in [1.807, 2.05) is 0 Å². The number of hydrogen-bond donors (Lipinski definition) is 1. The topological polar surface area (TPSA) is 52.6 Å². The Bertz CT molecular complexity index is 388. The van der Waals surface area contributed by atoms with Gasteiger partial charge in [0.1, 0.15) is 0 Å². The minimum atomic E-state index is 0.247. The first-order valence-corrected chi connectivity index (χ1v) is 8.29. The molecular formula is C16H27N3O2. The van der Waals surface area contributed by atoms with Crippen LogP contribution in [0.2, 0.25) is 0 Å². The number of nitrogens with one attached hydrogen (secondary N) is 1. The van der Waals surface area contributed by atoms with Crippen molar-refractivity contribution in [2.24, 2.45) is 11.3 Å². The van der Waals surface area contributed by atoms with Crippen molar-refractivity contribution >= 4 is 12.3 Å². The summed E-state index contributed by atoms with van der Waals surface area (Å²) in [4.78, 5) is 27.4. The molecule has 0 radical (unpaired) electrons. The average molecular weight is 293 g/mol. The van der Waals surface area contributed by atoms with Crippen molar-refractivity contribution in [3.8, 4) is 0 Å². The van der Waals surface area contributed by atoms with Crippen molar-refractivity contribution in [1.82, 2.24) is 15.1 Å². The summed E-state index contributed by atoms with van der Waals surface area (Å²) in [7, 11) is 2.12. The molecule has 5 heteroatoms. The number of piperazine rings is 1. The Balaban J connectivity index is 1.45. The SMILES string of the molecule is CN1CCN(C(=O)C2CCC3(CC2)CC(NC=O)C3)CC1. The van der Waals surface area contributed by atoms with E-state index in [1.165, 1.54) is 0 Å². The molecule has 2 amide bonds. The molecule has 0 bridgehead atoms. The molecule has 5 nitrogen and oxygen atoms in total. The molecule has 2 saturated carbocycles. The number of carbonyl (C=O) groups is 2. The first-order chi connectivity index (χ1) is 10.1. The van der Waals surface area contributed by atoms with E-state index in [0.717, 1.165) is 71.1 Å². The van der Waals surface area contributed by atoms with E-state index in [-0.39, 0.29) is 5.92 Å². The van der Waals surface area contributed by atoms with Gasteiger partial charge >= 0.3 is 0 Å². The Labute approximate surface area is 127 Å². The lowest BCUT2D eigenvalue weighted by atomic mass is 9.57. The largest absolute Gasteiger partial charge is 0.356 e. The lowest BCUT2D eigenvalue weighted by Gasteiger charge is -2.51. The minimum absolute atomic E-state index is 0.247. The maximum absolute atomic E-state index is 12.6. The van der Waals surface area contributed by atoms with Crippen LogP contribution in [0.15, 0.2) is 0 Å². The molecule has 0 aromatic carbocycles. The smallest absolute Gasteiger partial charge is 0.225 e. The zero-order chi connectivity index (χ0) is 14.9. The van der Waals surface area contributed by atoms with Crippen LogP contribution in [-0.2, 0) is 9.59 Å². The lowest BCUT2D eigenvalue weighted by Crippen LogP contribution is -2.52. The van der Waals surface area contributed by atoms with Gasteiger partial charge in [-0.25, -0.2) is 0 Å². The number of carbonyl (C=O) groups excluding carboxylic acids is 2. The number of likely N-dealkylation sites (N-methyl/N-ethyl adjacent to an activating group) is 1. The molecule has 1 spiro atoms. The third kappa shape index (κ3) is 3.07. The van der Waals surface area contributed by atoms with Crippen molar-refractivity contribution in [2.45, 2.75) is 44.6 Å². The van der Waals surface area contributed by atoms with Crippen LogP contribution in [0, 0.1) is 11.3 Å². The number of nitrogens with zero attached hydrogens (tertiary/aromatic N) is 2. The fourth-order valence-electron chi connectivity index (χ4n) is 4.37. The highest BCUT2D eigenvalue weighted by atomic mass is 16.2. The van der Waals surface area contributed by atoms with Gasteiger partial charge in [-0.3, -0.25) is 9.59 Å². The van der Waals surface area contributed by atoms with E-state index >= 15 is 0 Å². The highest BCUT2D eigenvalue weighted by molar-refractivity contribution is 5.79. The van der Waals surface area contributed by atoms with Crippen LogP contribution in [0.25, 0.3) is 0 Å². The Hall–Kier alpha value is -1.10. The minimum Gasteiger partial charge on any atom is -0.356 e. The van der Waals surface area contributed by atoms with Gasteiger partial charge in [-0.05, 0) is 51.0 Å². The van der Waals surface area contributed by atoms with Gasteiger partial charge in [0.15, 0.2) is 0 Å². The molecule has 1 aliphatic heterocycles. The van der Waals surface area contributed by atoms with Crippen LogP contribution in [0.1, 0.15) is 38.5 Å². The zero-order valence-electron chi connectivity index (χ0n) is 13.0. The van der Waals surface area contributed by atoms with Gasteiger partial charge < -0.3 is 15.1 Å². The number of hydrogen-bond acceptors (Lipinski definition) is 3. The quantitative estimate of drug-likeness (QED) is 0.785. The molecule has 1 saturated heterocycles. The van der Waals surface area contributed by atoms with E-state index < -0.39 is 0 Å². The van der Waals surface area contributed by atoms with Gasteiger partial charge in [0.05, 0.1) is 0 Å². The predicted molar refractivity (Wildman–Crippen MR) is 80.7 cm³/mol. The van der Waals surface area contributed by atoms with Gasteiger partial charge in [0, 0.05) is 38.1 Å². The molecule has 2 aliphatic carbocycles. The summed E-state index contributed by atoms with van der Waals surface area (Å²) in [5, 5.41) is 2.88. The fraction of sp³-hybridized carbons (Fsp3) is 0.875. The zero-order valence-corrected chi connectivity index (χ0v) is 13.0. The Morgan fingerprint density at radius 3 is 2.33 bits per heavy atom. The van der Waals surface area contributed by atoms with Crippen LogP contribution >= 0.6 is 0 Å². The van der Waals surface area contributed by atoms with Crippen LogP contribution in [0.3, 0.4) is 0 Å². The van der Waals surface area contributed by atoms with E-state index in [0.29, 0.717) is 17.4 Å². The Morgan fingerprint density at radius 2 is 1.76 bits per heavy atom. The monoisotopic (exact) mass is 293 g/mol. The molecular weight excluding hydrogens is 266 g/mol. The maximum Gasteiger partial charge on any atom is 0.225 e. The predicted octanol–water partition coefficient (Wildman–Crippen LogP) is 0.845. The Kier molecular flexibility index (Phi) is 4.20. The molecule has 1 heterocycles. The van der Waals surface area contributed by atoms with Gasteiger partial charge in [0.25, 0.3) is 0 Å². The molecule has 0 aromatic heterocycles. The van der Waals surface area contributed by atoms with Gasteiger partial charge in [-0.15, -0.1) is 0 Å². The maximum atomic E-state index is 12.6. The molecule has 1 N–H and O–H groups in total. The summed E-state index contributed by atoms with van der Waals surface area (Å²) < 4.78 is 0. The summed E-state index contributed by atoms with van der Waals surface area (Å²) in [6.45, 7) is 3.79. The number of amides is 2. The molecule has 0 aromatic rings. The van der Waals surface area contributed by atoms with E-state index in [4.69, 9.17) is 0 Å². The van der Waals surface area contributed by atoms with Gasteiger partial charge in [-0.1, -0.05) is 0 Å². The Morgan fingerprint density at radius 1 is 1.14 bits per heavy atom. The van der Waals surface area contributed by atoms with E-state index in [1.54, 1.807) is 0 Å².